The number of ether oxygens (including phenoxy) is 1. The van der Waals surface area contributed by atoms with Crippen LogP contribution < -0.4 is 10.1 Å². The number of benzene rings is 2. The topological polar surface area (TPSA) is 21.3 Å². The van der Waals surface area contributed by atoms with E-state index < -0.39 is 0 Å². The lowest BCUT2D eigenvalue weighted by molar-refractivity contribution is 0.483. The van der Waals surface area contributed by atoms with E-state index in [4.69, 9.17) is 4.74 Å². The number of rotatable bonds is 7. The monoisotopic (exact) mass is 267 g/mol. The molecule has 0 aliphatic carbocycles. The molecule has 2 nitrogen and oxygen atoms in total. The standard InChI is InChI=1S/C18H21NO/c1-2-3-4-8-15-19-16-11-13-18(14-12-16)20-17-9-6-5-7-10-17/h3-7,9-14,19H,2,8,15H2,1H3/b4-3-. The first-order chi connectivity index (χ1) is 9.88. The summed E-state index contributed by atoms with van der Waals surface area (Å²) in [6, 6.07) is 17.9. The molecule has 1 N–H and O–H groups in total. The van der Waals surface area contributed by atoms with Crippen molar-refractivity contribution < 1.29 is 4.74 Å². The second-order valence-electron chi connectivity index (χ2n) is 4.53. The normalized spacial score (nSPS) is 10.7. The average Bonchev–Trinajstić information content (AvgIpc) is 2.50. The molecule has 0 fully saturated rings. The van der Waals surface area contributed by atoms with Gasteiger partial charge < -0.3 is 10.1 Å². The van der Waals surface area contributed by atoms with Crippen LogP contribution in [0.3, 0.4) is 0 Å². The van der Waals surface area contributed by atoms with Gasteiger partial charge in [-0.25, -0.2) is 0 Å². The molecule has 2 aromatic carbocycles. The van der Waals surface area contributed by atoms with Crippen molar-refractivity contribution in [2.45, 2.75) is 19.8 Å². The van der Waals surface area contributed by atoms with E-state index in [0.29, 0.717) is 0 Å². The maximum absolute atomic E-state index is 5.75. The number of hydrogen-bond donors (Lipinski definition) is 1. The van der Waals surface area contributed by atoms with Gasteiger partial charge in [0, 0.05) is 12.2 Å². The van der Waals surface area contributed by atoms with Crippen molar-refractivity contribution >= 4 is 5.69 Å². The number of hydrogen-bond acceptors (Lipinski definition) is 2. The Bertz CT molecular complexity index is 517. The van der Waals surface area contributed by atoms with Crippen molar-refractivity contribution in [3.63, 3.8) is 0 Å². The molecule has 0 bridgehead atoms. The predicted molar refractivity (Wildman–Crippen MR) is 85.5 cm³/mol. The van der Waals surface area contributed by atoms with Crippen molar-refractivity contribution in [3.8, 4) is 11.5 Å². The summed E-state index contributed by atoms with van der Waals surface area (Å²) in [6.07, 6.45) is 6.56. The summed E-state index contributed by atoms with van der Waals surface area (Å²) in [5.41, 5.74) is 1.12. The third-order valence-electron chi connectivity index (χ3n) is 2.88. The molecular formula is C18H21NO. The first kappa shape index (κ1) is 14.2. The van der Waals surface area contributed by atoms with Gasteiger partial charge >= 0.3 is 0 Å². The maximum Gasteiger partial charge on any atom is 0.127 e. The summed E-state index contributed by atoms with van der Waals surface area (Å²) in [7, 11) is 0. The smallest absolute Gasteiger partial charge is 0.127 e. The molecular weight excluding hydrogens is 246 g/mol. The molecule has 0 saturated carbocycles. The fraction of sp³-hybridized carbons (Fsp3) is 0.222. The van der Waals surface area contributed by atoms with E-state index in [1.165, 1.54) is 0 Å². The van der Waals surface area contributed by atoms with Crippen LogP contribution in [0.15, 0.2) is 66.7 Å². The second-order valence-corrected chi connectivity index (χ2v) is 4.53. The minimum absolute atomic E-state index is 0.854. The van der Waals surface area contributed by atoms with Gasteiger partial charge in [0.15, 0.2) is 0 Å². The van der Waals surface area contributed by atoms with Crippen LogP contribution in [0.2, 0.25) is 0 Å². The Morgan fingerprint density at radius 2 is 1.60 bits per heavy atom. The third kappa shape index (κ3) is 4.81. The molecule has 0 saturated heterocycles. The number of allylic oxidation sites excluding steroid dienone is 1. The summed E-state index contributed by atoms with van der Waals surface area (Å²) in [5, 5.41) is 3.39. The summed E-state index contributed by atoms with van der Waals surface area (Å²) in [6.45, 7) is 3.10. The highest BCUT2D eigenvalue weighted by Gasteiger charge is 1.96. The van der Waals surface area contributed by atoms with Crippen molar-refractivity contribution in [1.29, 1.82) is 0 Å². The van der Waals surface area contributed by atoms with Gasteiger partial charge in [-0.2, -0.15) is 0 Å². The molecule has 2 rings (SSSR count). The van der Waals surface area contributed by atoms with Crippen molar-refractivity contribution in [2.75, 3.05) is 11.9 Å². The van der Waals surface area contributed by atoms with Crippen LogP contribution in [0, 0.1) is 0 Å². The highest BCUT2D eigenvalue weighted by atomic mass is 16.5. The second kappa shape index (κ2) is 8.05. The van der Waals surface area contributed by atoms with E-state index in [1.54, 1.807) is 0 Å². The van der Waals surface area contributed by atoms with Gasteiger partial charge in [0.05, 0.1) is 0 Å². The Balaban J connectivity index is 1.82. The van der Waals surface area contributed by atoms with E-state index in [0.717, 1.165) is 36.6 Å². The van der Waals surface area contributed by atoms with E-state index in [2.05, 4.69) is 24.4 Å². The lowest BCUT2D eigenvalue weighted by atomic mass is 10.3. The van der Waals surface area contributed by atoms with Crippen LogP contribution in [0.25, 0.3) is 0 Å². The van der Waals surface area contributed by atoms with Crippen molar-refractivity contribution in [1.82, 2.24) is 0 Å². The minimum Gasteiger partial charge on any atom is -0.457 e. The fourth-order valence-corrected chi connectivity index (χ4v) is 1.85. The Morgan fingerprint density at radius 3 is 2.30 bits per heavy atom. The Labute approximate surface area is 121 Å². The lowest BCUT2D eigenvalue weighted by Crippen LogP contribution is -1.99. The van der Waals surface area contributed by atoms with E-state index in [-0.39, 0.29) is 0 Å². The van der Waals surface area contributed by atoms with Crippen LogP contribution >= 0.6 is 0 Å². The molecule has 0 aromatic heterocycles. The van der Waals surface area contributed by atoms with Crippen molar-refractivity contribution in [3.05, 3.63) is 66.7 Å². The maximum atomic E-state index is 5.75. The first-order valence-electron chi connectivity index (χ1n) is 7.10. The zero-order valence-corrected chi connectivity index (χ0v) is 11.9. The molecule has 2 aromatic rings. The third-order valence-corrected chi connectivity index (χ3v) is 2.88. The number of anilines is 1. The molecule has 0 aliphatic heterocycles. The lowest BCUT2D eigenvalue weighted by Gasteiger charge is -2.08. The average molecular weight is 267 g/mol. The molecule has 104 valence electrons. The minimum atomic E-state index is 0.854. The number of para-hydroxylation sites is 1. The molecule has 0 aliphatic rings. The fourth-order valence-electron chi connectivity index (χ4n) is 1.85. The van der Waals surface area contributed by atoms with Gasteiger partial charge in [-0.05, 0) is 49.2 Å². The van der Waals surface area contributed by atoms with Gasteiger partial charge in [-0.1, -0.05) is 37.3 Å². The van der Waals surface area contributed by atoms with E-state index >= 15 is 0 Å². The van der Waals surface area contributed by atoms with Crippen LogP contribution in [0.1, 0.15) is 19.8 Å². The van der Waals surface area contributed by atoms with E-state index in [9.17, 15) is 0 Å². The van der Waals surface area contributed by atoms with Gasteiger partial charge in [0.2, 0.25) is 0 Å². The van der Waals surface area contributed by atoms with Gasteiger partial charge in [0.25, 0.3) is 0 Å². The Hall–Kier alpha value is -2.22. The van der Waals surface area contributed by atoms with Crippen LogP contribution in [0.5, 0.6) is 11.5 Å². The molecule has 0 radical (unpaired) electrons. The molecule has 0 spiro atoms. The van der Waals surface area contributed by atoms with Gasteiger partial charge in [-0.3, -0.25) is 0 Å². The van der Waals surface area contributed by atoms with Gasteiger partial charge in [-0.15, -0.1) is 0 Å². The summed E-state index contributed by atoms with van der Waals surface area (Å²) < 4.78 is 5.75. The molecule has 0 unspecified atom stereocenters. The molecule has 20 heavy (non-hydrogen) atoms. The summed E-state index contributed by atoms with van der Waals surface area (Å²) >= 11 is 0. The SMILES string of the molecule is CC/C=C\CCNc1ccc(Oc2ccccc2)cc1. The Morgan fingerprint density at radius 1 is 0.900 bits per heavy atom. The zero-order valence-electron chi connectivity index (χ0n) is 11.9. The highest BCUT2D eigenvalue weighted by molar-refractivity contribution is 5.47. The largest absolute Gasteiger partial charge is 0.457 e. The predicted octanol–water partition coefficient (Wildman–Crippen LogP) is 5.25. The number of nitrogens with one attached hydrogen (secondary N) is 1. The van der Waals surface area contributed by atoms with Crippen LogP contribution in [0.4, 0.5) is 5.69 Å². The molecule has 0 amide bonds. The first-order valence-corrected chi connectivity index (χ1v) is 7.10. The quantitative estimate of drug-likeness (QED) is 0.546. The molecule has 0 atom stereocenters. The molecule has 2 heteroatoms. The van der Waals surface area contributed by atoms with Crippen LogP contribution in [-0.2, 0) is 0 Å². The van der Waals surface area contributed by atoms with E-state index in [1.807, 2.05) is 54.6 Å². The Kier molecular flexibility index (Phi) is 5.71. The van der Waals surface area contributed by atoms with Crippen molar-refractivity contribution in [2.24, 2.45) is 0 Å². The summed E-state index contributed by atoms with van der Waals surface area (Å²) in [4.78, 5) is 0. The summed E-state index contributed by atoms with van der Waals surface area (Å²) in [5.74, 6) is 1.71. The van der Waals surface area contributed by atoms with Crippen LogP contribution in [-0.4, -0.2) is 6.54 Å². The highest BCUT2D eigenvalue weighted by Crippen LogP contribution is 2.22. The van der Waals surface area contributed by atoms with Gasteiger partial charge in [0.1, 0.15) is 11.5 Å². The zero-order chi connectivity index (χ0) is 14.0. The molecule has 0 heterocycles.